The topological polar surface area (TPSA) is 146 Å². The van der Waals surface area contributed by atoms with Crippen molar-refractivity contribution in [3.8, 4) is 90.1 Å². The second kappa shape index (κ2) is 32.5. The van der Waals surface area contributed by atoms with Crippen molar-refractivity contribution in [3.63, 3.8) is 0 Å². The van der Waals surface area contributed by atoms with E-state index in [2.05, 4.69) is 347 Å². The molecule has 0 radical (unpaired) electrons. The molecular formula is C117H98N8O6+4. The number of pyridine rings is 8. The molecule has 0 aliphatic heterocycles. The number of para-hydroxylation sites is 3. The van der Waals surface area contributed by atoms with Gasteiger partial charge in [0.25, 0.3) is 0 Å². The van der Waals surface area contributed by atoms with E-state index < -0.39 is 0 Å². The molecule has 0 bridgehead atoms. The summed E-state index contributed by atoms with van der Waals surface area (Å²) >= 11 is 0. The van der Waals surface area contributed by atoms with E-state index in [1.54, 1.807) is 0 Å². The third-order valence-electron chi connectivity index (χ3n) is 26.5. The Morgan fingerprint density at radius 3 is 1.02 bits per heavy atom. The van der Waals surface area contributed by atoms with Gasteiger partial charge in [0.1, 0.15) is 78.4 Å². The van der Waals surface area contributed by atoms with Gasteiger partial charge in [-0.1, -0.05) is 115 Å². The second-order valence-electron chi connectivity index (χ2n) is 35.1. The van der Waals surface area contributed by atoms with Crippen molar-refractivity contribution in [2.24, 2.45) is 28.2 Å². The molecule has 0 fully saturated rings. The first-order valence-corrected chi connectivity index (χ1v) is 44.6. The summed E-state index contributed by atoms with van der Waals surface area (Å²) < 4.78 is 46.7. The van der Waals surface area contributed by atoms with E-state index in [4.69, 9.17) is 26.5 Å². The standard InChI is InChI=1S/C32H26N3O2.C32H25N2O2.C32H24NO2.C21H23N2/c1-17-9-15-25-29(21-13-11-19(3)33-31(21)36-25)27(17)23-7-6-8-24(35(23)5)28-18(2)10-16-26-30(28)22-14-12-20(4)34-32(22)37-26;1-18-12-15-28-31(22-8-5-6-11-27(22)35-28)30(18)26-10-7-9-25(34(26)4)23-17-29-24(16-19(23)2)21-14-13-20(3)33-32(21)36-29;1-19-15-17-23-21-9-4-6-13-27(21)34-31(23)29(19)25-11-8-12-26(33(25)3)30-20(2)16-18-24-22-10-5-7-14-28(22)35-32(24)30;1-14-9-6-7-10-18(14)19-11-8-12-20(23(19)5)21-15(2)13-16(3)22-17(21)4/h6-16H,1-5H3;5-17H,1-4H3;4-18H,1-3H3;6-13H,1-5H3/q4*+1. The molecule has 0 amide bonds. The highest BCUT2D eigenvalue weighted by Crippen LogP contribution is 2.46. The largest absolute Gasteiger partial charge is 0.456 e. The van der Waals surface area contributed by atoms with Crippen LogP contribution in [0.3, 0.4) is 0 Å². The summed E-state index contributed by atoms with van der Waals surface area (Å²) in [6.45, 7) is 27.4. The van der Waals surface area contributed by atoms with Crippen molar-refractivity contribution in [3.05, 3.63) is 358 Å². The molecule has 0 unspecified atom stereocenters. The fraction of sp³-hybridized carbons (Fsp3) is 0.145. The van der Waals surface area contributed by atoms with Crippen LogP contribution in [0, 0.1) is 90.0 Å². The number of hydrogen-bond donors (Lipinski definition) is 0. The Hall–Kier alpha value is -15.8. The summed E-state index contributed by atoms with van der Waals surface area (Å²) in [5.41, 5.74) is 43.3. The van der Waals surface area contributed by atoms with E-state index in [1.165, 1.54) is 72.6 Å². The zero-order valence-electron chi connectivity index (χ0n) is 76.7. The van der Waals surface area contributed by atoms with Crippen LogP contribution < -0.4 is 18.3 Å². The Balaban J connectivity index is 0.000000107. The lowest BCUT2D eigenvalue weighted by Gasteiger charge is -2.11. The minimum absolute atomic E-state index is 0.675. The van der Waals surface area contributed by atoms with E-state index in [1.807, 2.05) is 94.4 Å². The number of hydrogen-bond acceptors (Lipinski definition) is 10. The van der Waals surface area contributed by atoms with Gasteiger partial charge in [0.05, 0.1) is 44.6 Å². The Bertz CT molecular complexity index is 8550. The van der Waals surface area contributed by atoms with Gasteiger partial charge in [-0.15, -0.1) is 0 Å². The highest BCUT2D eigenvalue weighted by atomic mass is 16.4. The lowest BCUT2D eigenvalue weighted by molar-refractivity contribution is -0.649. The molecule has 14 nitrogen and oxygen atoms in total. The van der Waals surface area contributed by atoms with Gasteiger partial charge < -0.3 is 26.5 Å². The first kappa shape index (κ1) is 82.2. The maximum absolute atomic E-state index is 6.42. The van der Waals surface area contributed by atoms with Crippen LogP contribution in [0.4, 0.5) is 0 Å². The smallest absolute Gasteiger partial charge is 0.227 e. The molecule has 0 spiro atoms. The van der Waals surface area contributed by atoms with Crippen molar-refractivity contribution in [1.29, 1.82) is 0 Å². The van der Waals surface area contributed by atoms with Crippen LogP contribution in [0.15, 0.2) is 312 Å². The van der Waals surface area contributed by atoms with E-state index in [-0.39, 0.29) is 0 Å². The second-order valence-corrected chi connectivity index (χ2v) is 35.1. The van der Waals surface area contributed by atoms with Crippen LogP contribution in [-0.2, 0) is 28.2 Å². The molecular weight excluding hydrogens is 1610 g/mol. The Kier molecular flexibility index (Phi) is 20.4. The van der Waals surface area contributed by atoms with Crippen LogP contribution in [-0.4, -0.2) is 19.9 Å². The third kappa shape index (κ3) is 14.0. The normalized spacial score (nSPS) is 11.7. The number of benzene rings is 10. The summed E-state index contributed by atoms with van der Waals surface area (Å²) in [7, 11) is 8.54. The fourth-order valence-corrected chi connectivity index (χ4v) is 20.0. The number of rotatable bonds is 8. The van der Waals surface area contributed by atoms with Crippen LogP contribution in [0.5, 0.6) is 0 Å². The summed E-state index contributed by atoms with van der Waals surface area (Å²) in [6, 6.07) is 99.5. The van der Waals surface area contributed by atoms with Crippen molar-refractivity contribution < 1.29 is 44.8 Å². The number of aromatic nitrogens is 8. The molecule has 0 N–H and O–H groups in total. The van der Waals surface area contributed by atoms with Crippen LogP contribution >= 0.6 is 0 Å². The third-order valence-corrected chi connectivity index (χ3v) is 26.5. The predicted molar refractivity (Wildman–Crippen MR) is 530 cm³/mol. The molecule has 24 aromatic rings. The van der Waals surface area contributed by atoms with Gasteiger partial charge in [-0.25, -0.2) is 15.0 Å². The molecule has 638 valence electrons. The van der Waals surface area contributed by atoms with Gasteiger partial charge >= 0.3 is 0 Å². The molecule has 14 heterocycles. The predicted octanol–water partition coefficient (Wildman–Crippen LogP) is 28.4. The fourth-order valence-electron chi connectivity index (χ4n) is 20.0. The minimum Gasteiger partial charge on any atom is -0.456 e. The maximum Gasteiger partial charge on any atom is 0.227 e. The number of fused-ring (bicyclic) bond motifs is 18. The van der Waals surface area contributed by atoms with E-state index >= 15 is 0 Å². The van der Waals surface area contributed by atoms with Crippen LogP contribution in [0.2, 0.25) is 0 Å². The number of nitrogens with zero attached hydrogens (tertiary/aromatic N) is 8. The van der Waals surface area contributed by atoms with E-state index in [0.717, 1.165) is 205 Å². The first-order chi connectivity index (χ1) is 63.5. The average molecular weight is 1710 g/mol. The molecule has 0 saturated heterocycles. The zero-order chi connectivity index (χ0) is 90.2. The van der Waals surface area contributed by atoms with Crippen molar-refractivity contribution >= 4 is 132 Å². The Morgan fingerprint density at radius 1 is 0.191 bits per heavy atom. The molecule has 14 aromatic heterocycles. The molecule has 0 saturated carbocycles. The molecule has 0 atom stereocenters. The maximum atomic E-state index is 6.42. The highest BCUT2D eigenvalue weighted by Gasteiger charge is 2.32. The van der Waals surface area contributed by atoms with E-state index in [0.29, 0.717) is 17.1 Å². The average Bonchev–Trinajstić information content (AvgIpc) is 1.72. The summed E-state index contributed by atoms with van der Waals surface area (Å²) in [4.78, 5) is 18.6. The van der Waals surface area contributed by atoms with Gasteiger partial charge in [-0.2, -0.15) is 18.3 Å². The van der Waals surface area contributed by atoms with Crippen LogP contribution in [0.25, 0.3) is 222 Å². The van der Waals surface area contributed by atoms with Gasteiger partial charge in [0.2, 0.25) is 62.7 Å². The van der Waals surface area contributed by atoms with Gasteiger partial charge in [-0.05, 0) is 256 Å². The minimum atomic E-state index is 0.675. The molecule has 24 rings (SSSR count). The molecule has 10 aromatic carbocycles. The van der Waals surface area contributed by atoms with Crippen molar-refractivity contribution in [1.82, 2.24) is 19.9 Å². The highest BCUT2D eigenvalue weighted by molar-refractivity contribution is 6.16. The molecule has 131 heavy (non-hydrogen) atoms. The number of furan rings is 6. The van der Waals surface area contributed by atoms with E-state index in [9.17, 15) is 0 Å². The summed E-state index contributed by atoms with van der Waals surface area (Å²) in [6.07, 6.45) is 0. The van der Waals surface area contributed by atoms with Gasteiger partial charge in [0, 0.05) is 142 Å². The van der Waals surface area contributed by atoms with Crippen molar-refractivity contribution in [2.45, 2.75) is 90.0 Å². The SMILES string of the molecule is Cc1cc(C)c(-c2cccc(-c3ccccc3C)[n+]2C)c(C)n1.Cc1ccc2c(n1)oc1cc(-c3cccc(-c4c(C)ccc5oc6ccccc6c45)[n+]3C)c(C)cc12.Cc1ccc2c(n1)oc1ccc(C)c(-c3cccc(-c4c(C)ccc5oc6nc(C)ccc6c45)[n+]3C)c12.Cc1ccc2c(oc3ccccc32)c1-c1cccc(-c2c(C)ccc3c2oc2ccccc23)[n+]1C. The molecule has 0 aliphatic carbocycles. The van der Waals surface area contributed by atoms with Gasteiger partial charge in [-0.3, -0.25) is 4.98 Å². The summed E-state index contributed by atoms with van der Waals surface area (Å²) in [5.74, 6) is 0. The lowest BCUT2D eigenvalue weighted by atomic mass is 9.95. The zero-order valence-corrected chi connectivity index (χ0v) is 76.7. The summed E-state index contributed by atoms with van der Waals surface area (Å²) in [5, 5.41) is 13.3. The van der Waals surface area contributed by atoms with Crippen LogP contribution in [0.1, 0.15) is 73.0 Å². The first-order valence-electron chi connectivity index (χ1n) is 44.6. The molecule has 0 aliphatic rings. The Morgan fingerprint density at radius 2 is 0.542 bits per heavy atom. The van der Waals surface area contributed by atoms with Gasteiger partial charge in [0.15, 0.2) is 0 Å². The number of aryl methyl sites for hydroxylation is 13. The lowest BCUT2D eigenvalue weighted by Crippen LogP contribution is -2.34. The molecule has 14 heteroatoms. The monoisotopic (exact) mass is 1710 g/mol. The Labute approximate surface area is 758 Å². The van der Waals surface area contributed by atoms with Crippen molar-refractivity contribution in [2.75, 3.05) is 0 Å². The quantitative estimate of drug-likeness (QED) is 0.135.